The summed E-state index contributed by atoms with van der Waals surface area (Å²) in [6.45, 7) is 0.602. The lowest BCUT2D eigenvalue weighted by atomic mass is 10.1. The molecule has 0 bridgehead atoms. The molecule has 0 saturated carbocycles. The van der Waals surface area contributed by atoms with E-state index in [2.05, 4.69) is 118 Å². The van der Waals surface area contributed by atoms with Gasteiger partial charge in [-0.25, -0.2) is 19.3 Å². The fourth-order valence-electron chi connectivity index (χ4n) is 6.02. The van der Waals surface area contributed by atoms with Gasteiger partial charge in [-0.1, -0.05) is 91.0 Å². The van der Waals surface area contributed by atoms with Crippen LogP contribution in [-0.2, 0) is 6.42 Å². The molecule has 1 aliphatic heterocycles. The molecule has 0 spiro atoms. The average molecular weight is 602 g/mol. The first kappa shape index (κ1) is 27.5. The molecule has 0 amide bonds. The van der Waals surface area contributed by atoms with E-state index in [9.17, 15) is 4.39 Å². The van der Waals surface area contributed by atoms with Gasteiger partial charge in [-0.05, 0) is 36.8 Å². The lowest BCUT2D eigenvalue weighted by molar-refractivity contribution is 0.546. The van der Waals surface area contributed by atoms with Crippen molar-refractivity contribution >= 4 is 35.6 Å². The minimum absolute atomic E-state index is 0.0699. The van der Waals surface area contributed by atoms with E-state index in [4.69, 9.17) is 9.73 Å². The van der Waals surface area contributed by atoms with E-state index < -0.39 is 7.05 Å². The fraction of sp³-hybridized carbons (Fsp3) is 0.114. The second-order valence-electron chi connectivity index (χ2n) is 10.5. The Labute approximate surface area is 256 Å². The highest BCUT2D eigenvalue weighted by atomic mass is 32.1. The molecule has 5 nitrogen and oxygen atoms in total. The van der Waals surface area contributed by atoms with Crippen LogP contribution in [0.25, 0.3) is 22.6 Å². The maximum absolute atomic E-state index is 13.9. The van der Waals surface area contributed by atoms with Gasteiger partial charge in [-0.15, -0.1) is 12.6 Å². The summed E-state index contributed by atoms with van der Waals surface area (Å²) in [7, 11) is -2.36. The fourth-order valence-corrected chi connectivity index (χ4v) is 9.82. The third-order valence-electron chi connectivity index (χ3n) is 7.95. The van der Waals surface area contributed by atoms with E-state index in [1.807, 2.05) is 6.07 Å². The molecule has 1 aliphatic rings. The van der Waals surface area contributed by atoms with Crippen molar-refractivity contribution in [3.05, 3.63) is 139 Å². The van der Waals surface area contributed by atoms with Crippen LogP contribution in [0.15, 0.2) is 137 Å². The Hall–Kier alpha value is -4.32. The molecule has 0 radical (unpaired) electrons. The lowest BCUT2D eigenvalue weighted by Gasteiger charge is -2.28. The van der Waals surface area contributed by atoms with Crippen molar-refractivity contribution in [2.24, 2.45) is 4.74 Å². The largest absolute Gasteiger partial charge is 0.321 e. The molecule has 7 rings (SSSR count). The first-order valence-corrected chi connectivity index (χ1v) is 16.5. The summed E-state index contributed by atoms with van der Waals surface area (Å²) in [6, 6.07) is 40.5. The number of nitrogens with zero attached hydrogens (tertiary/aromatic N) is 5. The Bertz CT molecular complexity index is 1820. The second kappa shape index (κ2) is 11.8. The molecule has 212 valence electrons. The zero-order valence-electron chi connectivity index (χ0n) is 23.3. The molecular formula is C35H29FN5PS. The zero-order chi connectivity index (χ0) is 29.2. The van der Waals surface area contributed by atoms with Crippen molar-refractivity contribution in [2.75, 3.05) is 6.54 Å². The van der Waals surface area contributed by atoms with Crippen LogP contribution in [0, 0.1) is 5.82 Å². The maximum atomic E-state index is 13.9. The van der Waals surface area contributed by atoms with Gasteiger partial charge in [-0.3, -0.25) is 4.74 Å². The molecular weight excluding hydrogens is 572 g/mol. The Morgan fingerprint density at radius 3 is 1.91 bits per heavy atom. The van der Waals surface area contributed by atoms with Crippen molar-refractivity contribution in [3.63, 3.8) is 0 Å². The van der Waals surface area contributed by atoms with Crippen LogP contribution in [0.4, 0.5) is 4.39 Å². The lowest BCUT2D eigenvalue weighted by Crippen LogP contribution is -2.26. The molecule has 0 N–H and O–H groups in total. The second-order valence-corrected chi connectivity index (χ2v) is 14.0. The zero-order valence-corrected chi connectivity index (χ0v) is 25.1. The van der Waals surface area contributed by atoms with Crippen LogP contribution < -0.4 is 15.9 Å². The van der Waals surface area contributed by atoms with Crippen molar-refractivity contribution in [3.8, 4) is 22.6 Å². The van der Waals surface area contributed by atoms with E-state index in [0.29, 0.717) is 11.7 Å². The predicted molar refractivity (Wildman–Crippen MR) is 176 cm³/mol. The smallest absolute Gasteiger partial charge is 0.184 e. The first-order valence-electron chi connectivity index (χ1n) is 14.3. The predicted octanol–water partition coefficient (Wildman–Crippen LogP) is 7.10. The van der Waals surface area contributed by atoms with Crippen LogP contribution in [0.1, 0.15) is 18.3 Å². The quantitative estimate of drug-likeness (QED) is 0.121. The van der Waals surface area contributed by atoms with E-state index in [-0.39, 0.29) is 11.9 Å². The number of aryl methyl sites for hydroxylation is 1. The highest BCUT2D eigenvalue weighted by Gasteiger charge is 2.33. The van der Waals surface area contributed by atoms with Crippen LogP contribution in [0.5, 0.6) is 0 Å². The molecule has 8 heteroatoms. The molecule has 0 aliphatic carbocycles. The van der Waals surface area contributed by atoms with E-state index in [1.54, 1.807) is 18.3 Å². The highest BCUT2D eigenvalue weighted by Crippen LogP contribution is 2.48. The summed E-state index contributed by atoms with van der Waals surface area (Å²) < 4.78 is 21.9. The van der Waals surface area contributed by atoms with Gasteiger partial charge in [-0.2, -0.15) is 0 Å². The van der Waals surface area contributed by atoms with Gasteiger partial charge >= 0.3 is 0 Å². The number of aromatic nitrogens is 4. The standard InChI is InChI=1S/C35H29FN5PS/c36-26-18-16-25(17-19-26)33-34(31-22-23-37-35(43)39-31)41-27(20-21-32(41)40-33)24-38-42(28-10-4-1-5-11-28,29-12-6-2-7-13-29)30-14-8-3-9-15-30/h1-19,22-23,27H,20-21,24H2,(H,37,39,43). The third kappa shape index (κ3) is 5.13. The summed E-state index contributed by atoms with van der Waals surface area (Å²) in [5.41, 5.74) is 3.25. The molecule has 0 saturated heterocycles. The van der Waals surface area contributed by atoms with Gasteiger partial charge in [0.25, 0.3) is 0 Å². The number of rotatable bonds is 7. The number of hydrogen-bond acceptors (Lipinski definition) is 5. The van der Waals surface area contributed by atoms with Crippen LogP contribution >= 0.6 is 19.7 Å². The summed E-state index contributed by atoms with van der Waals surface area (Å²) in [5, 5.41) is 4.05. The molecule has 0 fully saturated rings. The molecule has 43 heavy (non-hydrogen) atoms. The number of benzene rings is 4. The number of hydrogen-bond donors (Lipinski definition) is 1. The SMILES string of the molecule is Fc1ccc(-c2nc3n(c2-c2ccnc(S)n2)C(CN=P(c2ccccc2)(c2ccccc2)c2ccccc2)CC3)cc1. The van der Waals surface area contributed by atoms with Gasteiger partial charge in [0.2, 0.25) is 0 Å². The average Bonchev–Trinajstić information content (AvgIpc) is 3.63. The Morgan fingerprint density at radius 1 is 0.767 bits per heavy atom. The van der Waals surface area contributed by atoms with Gasteiger partial charge < -0.3 is 4.57 Å². The normalized spacial score (nSPS) is 14.4. The van der Waals surface area contributed by atoms with Gasteiger partial charge in [0.15, 0.2) is 5.16 Å². The van der Waals surface area contributed by atoms with Crippen molar-refractivity contribution in [1.82, 2.24) is 19.5 Å². The Kier molecular flexibility index (Phi) is 7.52. The number of fused-ring (bicyclic) bond motifs is 1. The first-order chi connectivity index (χ1) is 21.1. The number of thiol groups is 1. The van der Waals surface area contributed by atoms with E-state index >= 15 is 0 Å². The molecule has 6 aromatic rings. The molecule has 3 heterocycles. The van der Waals surface area contributed by atoms with E-state index in [0.717, 1.165) is 41.3 Å². The molecule has 2 aromatic heterocycles. The minimum Gasteiger partial charge on any atom is -0.321 e. The van der Waals surface area contributed by atoms with Crippen molar-refractivity contribution in [1.29, 1.82) is 0 Å². The summed E-state index contributed by atoms with van der Waals surface area (Å²) >= 11 is 4.43. The highest BCUT2D eigenvalue weighted by molar-refractivity contribution is 7.87. The van der Waals surface area contributed by atoms with Crippen molar-refractivity contribution < 1.29 is 4.39 Å². The van der Waals surface area contributed by atoms with Crippen LogP contribution in [0.3, 0.4) is 0 Å². The number of halogens is 1. The van der Waals surface area contributed by atoms with Gasteiger partial charge in [0, 0.05) is 34.1 Å². The Morgan fingerprint density at radius 2 is 1.35 bits per heavy atom. The topological polar surface area (TPSA) is 56.0 Å². The van der Waals surface area contributed by atoms with Crippen molar-refractivity contribution in [2.45, 2.75) is 24.0 Å². The minimum atomic E-state index is -2.36. The van der Waals surface area contributed by atoms with Gasteiger partial charge in [0.05, 0.1) is 36.7 Å². The summed E-state index contributed by atoms with van der Waals surface area (Å²) in [6.07, 6.45) is 3.45. The monoisotopic (exact) mass is 601 g/mol. The Balaban J connectivity index is 1.42. The third-order valence-corrected chi connectivity index (χ3v) is 11.9. The maximum Gasteiger partial charge on any atom is 0.184 e. The summed E-state index contributed by atoms with van der Waals surface area (Å²) in [5.74, 6) is 0.702. The molecule has 4 aromatic carbocycles. The number of imidazole rings is 1. The van der Waals surface area contributed by atoms with Gasteiger partial charge in [0.1, 0.15) is 11.6 Å². The van der Waals surface area contributed by atoms with E-state index in [1.165, 1.54) is 28.0 Å². The van der Waals surface area contributed by atoms with Crippen LogP contribution in [-0.4, -0.2) is 26.1 Å². The molecule has 1 unspecified atom stereocenters. The van der Waals surface area contributed by atoms with Crippen LogP contribution in [0.2, 0.25) is 0 Å². The summed E-state index contributed by atoms with van der Waals surface area (Å²) in [4.78, 5) is 14.0. The molecule has 1 atom stereocenters.